The average molecular weight is 462 g/mol. The predicted octanol–water partition coefficient (Wildman–Crippen LogP) is 4.65. The van der Waals surface area contributed by atoms with E-state index in [0.717, 1.165) is 25.0 Å². The Bertz CT molecular complexity index is 1020. The molecule has 0 unspecified atom stereocenters. The highest BCUT2D eigenvalue weighted by Gasteiger charge is 2.47. The van der Waals surface area contributed by atoms with E-state index in [1.54, 1.807) is 6.07 Å². The lowest BCUT2D eigenvalue weighted by Gasteiger charge is -2.50. The van der Waals surface area contributed by atoms with Crippen LogP contribution in [-0.2, 0) is 18.5 Å². The van der Waals surface area contributed by atoms with E-state index in [-0.39, 0.29) is 11.6 Å². The molecule has 3 heterocycles. The summed E-state index contributed by atoms with van der Waals surface area (Å²) < 4.78 is 40.7. The molecule has 1 aromatic heterocycles. The van der Waals surface area contributed by atoms with Crippen LogP contribution in [0.25, 0.3) is 0 Å². The van der Waals surface area contributed by atoms with Crippen LogP contribution < -0.4 is 0 Å². The van der Waals surface area contributed by atoms with Crippen LogP contribution in [0.5, 0.6) is 0 Å². The summed E-state index contributed by atoms with van der Waals surface area (Å²) in [6, 6.07) is 10.7. The summed E-state index contributed by atoms with van der Waals surface area (Å²) in [6.07, 6.45) is -0.441. The van der Waals surface area contributed by atoms with Gasteiger partial charge in [-0.2, -0.15) is 13.2 Å². The van der Waals surface area contributed by atoms with Crippen molar-refractivity contribution in [3.63, 3.8) is 0 Å². The van der Waals surface area contributed by atoms with Gasteiger partial charge in [-0.25, -0.2) is 0 Å². The van der Waals surface area contributed by atoms with Crippen molar-refractivity contribution in [2.45, 2.75) is 57.3 Å². The fraction of sp³-hybridized carbons (Fsp3) is 0.520. The van der Waals surface area contributed by atoms with Crippen LogP contribution in [0.1, 0.15) is 64.7 Å². The number of aryl methyl sites for hydroxylation is 1. The van der Waals surface area contributed by atoms with Gasteiger partial charge in [-0.05, 0) is 62.6 Å². The Hall–Kier alpha value is -2.61. The van der Waals surface area contributed by atoms with Crippen molar-refractivity contribution in [3.8, 4) is 0 Å². The molecule has 5 nitrogen and oxygen atoms in total. The number of carbonyl (C=O) groups is 2. The molecule has 0 radical (unpaired) electrons. The molecule has 33 heavy (non-hydrogen) atoms. The minimum atomic E-state index is -4.90. The van der Waals surface area contributed by atoms with E-state index < -0.39 is 17.5 Å². The van der Waals surface area contributed by atoms with Crippen molar-refractivity contribution in [2.75, 3.05) is 26.7 Å². The number of likely N-dealkylation sites (tertiary alicyclic amines) is 1. The lowest BCUT2D eigenvalue weighted by Crippen LogP contribution is -2.56. The molecule has 1 amide bonds. The number of carbonyl (C=O) groups excluding carboxylic acids is 2. The molecular weight excluding hydrogens is 431 g/mol. The zero-order chi connectivity index (χ0) is 23.8. The first-order chi connectivity index (χ1) is 15.7. The first kappa shape index (κ1) is 23.5. The number of benzene rings is 1. The van der Waals surface area contributed by atoms with E-state index in [1.165, 1.54) is 16.2 Å². The van der Waals surface area contributed by atoms with Crippen LogP contribution in [0.15, 0.2) is 36.4 Å². The van der Waals surface area contributed by atoms with Gasteiger partial charge >= 0.3 is 6.18 Å². The Labute approximate surface area is 192 Å². The first-order valence-corrected chi connectivity index (χ1v) is 11.6. The number of piperidine rings is 1. The summed E-state index contributed by atoms with van der Waals surface area (Å²) in [4.78, 5) is 29.0. The Morgan fingerprint density at radius 1 is 0.970 bits per heavy atom. The fourth-order valence-electron chi connectivity index (χ4n) is 5.21. The van der Waals surface area contributed by atoms with Crippen molar-refractivity contribution < 1.29 is 22.8 Å². The Morgan fingerprint density at radius 3 is 2.24 bits per heavy atom. The number of likely N-dealkylation sites (N-methyl/N-ethyl adjacent to an activating group) is 1. The second-order valence-electron chi connectivity index (χ2n) is 9.13. The number of unbranched alkanes of at least 4 members (excludes halogenated alkanes) is 1. The van der Waals surface area contributed by atoms with Crippen LogP contribution >= 0.6 is 0 Å². The molecule has 178 valence electrons. The van der Waals surface area contributed by atoms with Gasteiger partial charge in [0.25, 0.3) is 11.7 Å². The van der Waals surface area contributed by atoms with Gasteiger partial charge in [0.15, 0.2) is 0 Å². The number of ketones is 1. The Balaban J connectivity index is 1.50. The van der Waals surface area contributed by atoms with Gasteiger partial charge in [-0.15, -0.1) is 0 Å². The summed E-state index contributed by atoms with van der Waals surface area (Å²) in [5, 5.41) is 0. The maximum absolute atomic E-state index is 13.1. The van der Waals surface area contributed by atoms with E-state index in [9.17, 15) is 22.8 Å². The van der Waals surface area contributed by atoms with Crippen molar-refractivity contribution in [3.05, 3.63) is 58.9 Å². The lowest BCUT2D eigenvalue weighted by atomic mass is 9.81. The number of fused-ring (bicyclic) bond motifs is 2. The van der Waals surface area contributed by atoms with E-state index in [4.69, 9.17) is 0 Å². The molecule has 2 aromatic rings. The van der Waals surface area contributed by atoms with Crippen LogP contribution in [0, 0.1) is 0 Å². The van der Waals surface area contributed by atoms with Crippen LogP contribution in [0.2, 0.25) is 0 Å². The minimum Gasteiger partial charge on any atom is -0.339 e. The standard InChI is InChI=1S/C25H30F3N3O2/c1-3-4-5-18-6-8-19(9-7-18)23(33)30-14-12-24(13-15-30)21-11-10-20(22(32)25(26,27)28)31(21)17-16-29(24)2/h6-11H,3-5,12-17H2,1-2H3. The second-order valence-corrected chi connectivity index (χ2v) is 9.13. The normalized spacial score (nSPS) is 18.4. The molecule has 4 rings (SSSR count). The molecule has 0 aliphatic carbocycles. The summed E-state index contributed by atoms with van der Waals surface area (Å²) in [6.45, 7) is 4.05. The monoisotopic (exact) mass is 461 g/mol. The van der Waals surface area contributed by atoms with E-state index in [1.807, 2.05) is 36.2 Å². The van der Waals surface area contributed by atoms with Crippen LogP contribution in [-0.4, -0.2) is 58.9 Å². The number of alkyl halides is 3. The molecule has 0 atom stereocenters. The van der Waals surface area contributed by atoms with Gasteiger partial charge in [0.05, 0.1) is 11.2 Å². The number of rotatable bonds is 5. The molecule has 1 fully saturated rings. The number of aromatic nitrogens is 1. The molecule has 2 aliphatic rings. The van der Waals surface area contributed by atoms with E-state index in [2.05, 4.69) is 11.8 Å². The molecule has 1 aromatic carbocycles. The largest absolute Gasteiger partial charge is 0.456 e. The van der Waals surface area contributed by atoms with Crippen LogP contribution in [0.4, 0.5) is 13.2 Å². The number of halogens is 3. The number of hydrogen-bond acceptors (Lipinski definition) is 3. The van der Waals surface area contributed by atoms with Gasteiger partial charge in [0.1, 0.15) is 0 Å². The van der Waals surface area contributed by atoms with Gasteiger partial charge in [-0.3, -0.25) is 14.5 Å². The second kappa shape index (κ2) is 8.97. The summed E-state index contributed by atoms with van der Waals surface area (Å²) in [7, 11) is 1.97. The topological polar surface area (TPSA) is 45.6 Å². The zero-order valence-corrected chi connectivity index (χ0v) is 19.1. The van der Waals surface area contributed by atoms with Gasteiger partial charge < -0.3 is 9.47 Å². The van der Waals surface area contributed by atoms with Crippen molar-refractivity contribution in [1.29, 1.82) is 0 Å². The van der Waals surface area contributed by atoms with Crippen molar-refractivity contribution >= 4 is 11.7 Å². The van der Waals surface area contributed by atoms with E-state index >= 15 is 0 Å². The predicted molar refractivity (Wildman–Crippen MR) is 119 cm³/mol. The highest BCUT2D eigenvalue weighted by Crippen LogP contribution is 2.42. The molecular formula is C25H30F3N3O2. The van der Waals surface area contributed by atoms with Crippen LogP contribution in [0.3, 0.4) is 0 Å². The van der Waals surface area contributed by atoms with Crippen molar-refractivity contribution in [1.82, 2.24) is 14.4 Å². The fourth-order valence-corrected chi connectivity index (χ4v) is 5.21. The molecule has 8 heteroatoms. The number of Topliss-reactive ketones (excluding diaryl/α,β-unsaturated/α-hetero) is 1. The number of nitrogens with zero attached hydrogens (tertiary/aromatic N) is 3. The van der Waals surface area contributed by atoms with Gasteiger partial charge in [-0.1, -0.05) is 25.5 Å². The molecule has 0 saturated carbocycles. The highest BCUT2D eigenvalue weighted by atomic mass is 19.4. The maximum atomic E-state index is 13.1. The maximum Gasteiger partial charge on any atom is 0.456 e. The summed E-state index contributed by atoms with van der Waals surface area (Å²) in [5.74, 6) is -1.82. The molecule has 0 bridgehead atoms. The summed E-state index contributed by atoms with van der Waals surface area (Å²) >= 11 is 0. The smallest absolute Gasteiger partial charge is 0.339 e. The Morgan fingerprint density at radius 2 is 1.64 bits per heavy atom. The van der Waals surface area contributed by atoms with Gasteiger partial charge in [0.2, 0.25) is 0 Å². The lowest BCUT2D eigenvalue weighted by molar-refractivity contribution is -0.0892. The molecule has 1 saturated heterocycles. The van der Waals surface area contributed by atoms with E-state index in [0.29, 0.717) is 44.6 Å². The third kappa shape index (κ3) is 4.33. The Kier molecular flexibility index (Phi) is 6.40. The molecule has 2 aliphatic heterocycles. The molecule has 1 spiro atoms. The zero-order valence-electron chi connectivity index (χ0n) is 19.1. The third-order valence-corrected chi connectivity index (χ3v) is 7.23. The quantitative estimate of drug-likeness (QED) is 0.609. The highest BCUT2D eigenvalue weighted by molar-refractivity contribution is 5.99. The number of hydrogen-bond donors (Lipinski definition) is 0. The molecule has 0 N–H and O–H groups in total. The number of amides is 1. The summed E-state index contributed by atoms with van der Waals surface area (Å²) in [5.41, 5.74) is 1.83. The average Bonchev–Trinajstić information content (AvgIpc) is 3.24. The SMILES string of the molecule is CCCCc1ccc(C(=O)N2CCC3(CC2)c2ccc(C(=O)C(F)(F)F)n2CCN3C)cc1. The van der Waals surface area contributed by atoms with Gasteiger partial charge in [0, 0.05) is 37.4 Å². The van der Waals surface area contributed by atoms with Crippen molar-refractivity contribution in [2.24, 2.45) is 0 Å². The minimum absolute atomic E-state index is 0.0197. The first-order valence-electron chi connectivity index (χ1n) is 11.6. The third-order valence-electron chi connectivity index (χ3n) is 7.23.